The van der Waals surface area contributed by atoms with E-state index in [9.17, 15) is 9.90 Å². The van der Waals surface area contributed by atoms with Gasteiger partial charge in [-0.15, -0.1) is 10.2 Å². The molecule has 0 atom stereocenters. The SMILES string of the molecule is O=C([O-])c1nn[nH]n1.[Co+3].[NH2-].[NH2-].[NH2-].[NH2-].[NH2-]. The van der Waals surface area contributed by atoms with Crippen LogP contribution in [0.2, 0.25) is 0 Å². The van der Waals surface area contributed by atoms with Crippen molar-refractivity contribution in [1.29, 1.82) is 0 Å². The van der Waals surface area contributed by atoms with Crippen molar-refractivity contribution in [3.05, 3.63) is 36.6 Å². The molecule has 0 saturated heterocycles. The van der Waals surface area contributed by atoms with Gasteiger partial charge in [-0.2, -0.15) is 5.21 Å². The first-order valence-corrected chi connectivity index (χ1v) is 1.75. The van der Waals surface area contributed by atoms with Crippen molar-refractivity contribution in [2.24, 2.45) is 0 Å². The van der Waals surface area contributed by atoms with Crippen LogP contribution in [0.15, 0.2) is 0 Å². The first-order chi connectivity index (χ1) is 3.80. The summed E-state index contributed by atoms with van der Waals surface area (Å²) in [6.07, 6.45) is 0. The minimum Gasteiger partial charge on any atom is -0.693 e. The van der Waals surface area contributed by atoms with Gasteiger partial charge in [0.2, 0.25) is 5.82 Å². The Bertz CT molecular complexity index is 189. The molecule has 0 bridgehead atoms. The first-order valence-electron chi connectivity index (χ1n) is 1.75. The molecule has 88 valence electrons. The van der Waals surface area contributed by atoms with E-state index in [0.717, 1.165) is 0 Å². The zero-order chi connectivity index (χ0) is 5.98. The molecule has 11 nitrogen and oxygen atoms in total. The standard InChI is InChI=1S/C2H2N4O2.Co.5H2N/c7-2(8)1-3-5-6-4-1;;;;;;/h(H,7,8)(H,3,4,5,6);;5*1H2/q;+3;5*-1/p-1. The molecular weight excluding hydrogens is 241 g/mol. The Balaban J connectivity index is -0.0000000267. The van der Waals surface area contributed by atoms with Crippen molar-refractivity contribution in [3.63, 3.8) is 0 Å². The number of tetrazole rings is 1. The topological polar surface area (TPSA) is 262 Å². The average Bonchev–Trinajstić information content (AvgIpc) is 2.12. The predicted octanol–water partition coefficient (Wildman–Crippen LogP) is 1.15. The molecule has 0 aromatic carbocycles. The number of nitrogens with two attached hydrogens (primary N) is 5. The monoisotopic (exact) mass is 252 g/mol. The van der Waals surface area contributed by atoms with Crippen LogP contribution < -0.4 is 5.11 Å². The Morgan fingerprint density at radius 3 is 1.71 bits per heavy atom. The first kappa shape index (κ1) is 38.5. The number of nitrogens with zero attached hydrogens (tertiary/aromatic N) is 3. The fourth-order valence-corrected chi connectivity index (χ4v) is 0.248. The van der Waals surface area contributed by atoms with E-state index in [1.807, 2.05) is 5.21 Å². The molecule has 0 amide bonds. The van der Waals surface area contributed by atoms with Crippen molar-refractivity contribution in [2.45, 2.75) is 0 Å². The number of carbonyl (C=O) groups is 1. The summed E-state index contributed by atoms with van der Waals surface area (Å²) in [6.45, 7) is 0. The second-order valence-electron chi connectivity index (χ2n) is 1.02. The van der Waals surface area contributed by atoms with Crippen LogP contribution in [0, 0.1) is 0 Å². The van der Waals surface area contributed by atoms with Gasteiger partial charge in [0.05, 0.1) is 0 Å². The van der Waals surface area contributed by atoms with E-state index in [1.54, 1.807) is 0 Å². The van der Waals surface area contributed by atoms with E-state index < -0.39 is 11.8 Å². The van der Waals surface area contributed by atoms with E-state index in [1.165, 1.54) is 0 Å². The number of aromatic nitrogens is 4. The van der Waals surface area contributed by atoms with Crippen LogP contribution in [0.1, 0.15) is 10.6 Å². The third-order valence-electron chi connectivity index (χ3n) is 0.528. The zero-order valence-corrected chi connectivity index (χ0v) is 7.92. The van der Waals surface area contributed by atoms with Crippen molar-refractivity contribution >= 4 is 5.97 Å². The van der Waals surface area contributed by atoms with E-state index in [0.29, 0.717) is 0 Å². The third kappa shape index (κ3) is 10.8. The molecule has 1 rings (SSSR count). The summed E-state index contributed by atoms with van der Waals surface area (Å²) in [5.41, 5.74) is 0. The van der Waals surface area contributed by atoms with Crippen LogP contribution >= 0.6 is 0 Å². The number of carboxylic acids is 1. The second kappa shape index (κ2) is 17.8. The predicted molar refractivity (Wildman–Crippen MR) is 44.9 cm³/mol. The molecule has 1 aromatic heterocycles. The maximum atomic E-state index is 9.77. The Hall–Kier alpha value is -1.15. The second-order valence-corrected chi connectivity index (χ2v) is 1.02. The number of H-pyrrole nitrogens is 1. The van der Waals surface area contributed by atoms with Crippen LogP contribution in [-0.4, -0.2) is 26.6 Å². The maximum absolute atomic E-state index is 9.77. The minimum atomic E-state index is -1.43. The van der Waals surface area contributed by atoms with E-state index in [4.69, 9.17) is 0 Å². The molecule has 12 heteroatoms. The molecule has 11 N–H and O–H groups in total. The van der Waals surface area contributed by atoms with Gasteiger partial charge < -0.3 is 40.7 Å². The van der Waals surface area contributed by atoms with Gasteiger partial charge in [-0.25, -0.2) is 0 Å². The van der Waals surface area contributed by atoms with Crippen LogP contribution in [0.25, 0.3) is 30.8 Å². The zero-order valence-electron chi connectivity index (χ0n) is 6.88. The summed E-state index contributed by atoms with van der Waals surface area (Å²) in [7, 11) is 0. The summed E-state index contributed by atoms with van der Waals surface area (Å²) in [4.78, 5) is 9.77. The molecular formula is C2H11CoN9O2-3. The van der Waals surface area contributed by atoms with Crippen molar-refractivity contribution < 1.29 is 26.7 Å². The number of hydrogen-bond acceptors (Lipinski definition) is 5. The molecule has 1 heterocycles. The van der Waals surface area contributed by atoms with Crippen LogP contribution in [0.3, 0.4) is 0 Å². The number of carboxylic acid groups (broad SMARTS) is 1. The van der Waals surface area contributed by atoms with Gasteiger partial charge in [0.15, 0.2) is 0 Å². The van der Waals surface area contributed by atoms with Gasteiger partial charge in [-0.05, 0) is 5.21 Å². The number of nitrogens with one attached hydrogen (secondary N) is 1. The van der Waals surface area contributed by atoms with Crippen molar-refractivity contribution in [2.75, 3.05) is 0 Å². The summed E-state index contributed by atoms with van der Waals surface area (Å²) >= 11 is 0. The fourth-order valence-electron chi connectivity index (χ4n) is 0.248. The van der Waals surface area contributed by atoms with Gasteiger partial charge >= 0.3 is 16.8 Å². The van der Waals surface area contributed by atoms with Crippen LogP contribution in [0.4, 0.5) is 0 Å². The van der Waals surface area contributed by atoms with Crippen LogP contribution in [-0.2, 0) is 16.8 Å². The number of hydrogen-bond donors (Lipinski definition) is 1. The molecule has 0 aliphatic heterocycles. The molecule has 0 spiro atoms. The maximum Gasteiger partial charge on any atom is 3.00 e. The van der Waals surface area contributed by atoms with Crippen molar-refractivity contribution in [3.8, 4) is 0 Å². The van der Waals surface area contributed by atoms with Gasteiger partial charge in [-0.3, -0.25) is 0 Å². The minimum absolute atomic E-state index is 0. The summed E-state index contributed by atoms with van der Waals surface area (Å²) < 4.78 is 0. The van der Waals surface area contributed by atoms with Crippen molar-refractivity contribution in [1.82, 2.24) is 20.6 Å². The van der Waals surface area contributed by atoms with Gasteiger partial charge in [0.25, 0.3) is 0 Å². The van der Waals surface area contributed by atoms with Gasteiger partial charge in [0, 0.05) is 0 Å². The molecule has 0 fully saturated rings. The van der Waals surface area contributed by atoms with Gasteiger partial charge in [0.1, 0.15) is 5.97 Å². The Morgan fingerprint density at radius 2 is 1.57 bits per heavy atom. The van der Waals surface area contributed by atoms with Crippen LogP contribution in [0.5, 0.6) is 0 Å². The number of aromatic amines is 1. The van der Waals surface area contributed by atoms with E-state index >= 15 is 0 Å². The van der Waals surface area contributed by atoms with E-state index in [-0.39, 0.29) is 47.5 Å². The third-order valence-corrected chi connectivity index (χ3v) is 0.528. The molecule has 14 heavy (non-hydrogen) atoms. The Kier molecular flexibility index (Phi) is 48.9. The van der Waals surface area contributed by atoms with E-state index in [2.05, 4.69) is 15.4 Å². The molecule has 1 aromatic rings. The normalized spacial score (nSPS) is 5.14. The average molecular weight is 252 g/mol. The molecule has 0 saturated carbocycles. The summed E-state index contributed by atoms with van der Waals surface area (Å²) in [5, 5.41) is 20.9. The Morgan fingerprint density at radius 1 is 1.14 bits per heavy atom. The smallest absolute Gasteiger partial charge is 0.693 e. The quantitative estimate of drug-likeness (QED) is 0.766. The molecule has 0 unspecified atom stereocenters. The van der Waals surface area contributed by atoms with Gasteiger partial charge in [-0.1, -0.05) is 0 Å². The number of aromatic carboxylic acids is 1. The Labute approximate surface area is 90.5 Å². The number of rotatable bonds is 1. The summed E-state index contributed by atoms with van der Waals surface area (Å²) in [5.74, 6) is -1.86. The number of carbonyl (C=O) groups excluding carboxylic acids is 1. The fraction of sp³-hybridized carbons (Fsp3) is 0. The largest absolute Gasteiger partial charge is 3.00 e. The molecule has 0 aliphatic rings. The molecule has 0 aliphatic carbocycles. The molecule has 0 radical (unpaired) electrons. The summed E-state index contributed by atoms with van der Waals surface area (Å²) in [6, 6.07) is 0.